The van der Waals surface area contributed by atoms with E-state index in [9.17, 15) is 0 Å². The Balaban J connectivity index is -0.000000203. The molecule has 7 heteroatoms. The van der Waals surface area contributed by atoms with E-state index in [4.69, 9.17) is 4.74 Å². The molecule has 4 saturated heterocycles. The van der Waals surface area contributed by atoms with Gasteiger partial charge in [0.1, 0.15) is 0 Å². The Morgan fingerprint density at radius 3 is 0.878 bits per heavy atom. The molecule has 0 spiro atoms. The van der Waals surface area contributed by atoms with Crippen LogP contribution in [0, 0.1) is 0 Å². The number of likely N-dealkylation sites (N-methyl/N-ethyl adjacent to an activating group) is 3. The molecule has 2 saturated carbocycles. The highest BCUT2D eigenvalue weighted by Crippen LogP contribution is 2.35. The molecule has 0 amide bonds. The van der Waals surface area contributed by atoms with Gasteiger partial charge in [0.2, 0.25) is 0 Å². The van der Waals surface area contributed by atoms with Gasteiger partial charge in [-0.05, 0) is 120 Å². The number of morpholine rings is 1. The van der Waals surface area contributed by atoms with Crippen LogP contribution in [0.4, 0.5) is 0 Å². The highest BCUT2D eigenvalue weighted by Gasteiger charge is 2.36. The Hall–Kier alpha value is -0.280. The van der Waals surface area contributed by atoms with Crippen LogP contribution >= 0.6 is 0 Å². The van der Waals surface area contributed by atoms with Crippen LogP contribution in [-0.2, 0) is 4.74 Å². The SMILES string of the molecule is C.C.C.C.C.CN(C1CC1)C1CC1.CN1CCCC1.CN1CCCCC1.CN1CCN(C)CC1.CN1CCOCC1. The maximum absolute atomic E-state index is 5.10. The van der Waals surface area contributed by atoms with Gasteiger partial charge in [0.15, 0.2) is 0 Å². The van der Waals surface area contributed by atoms with Crippen molar-refractivity contribution in [3.8, 4) is 0 Å². The number of piperidine rings is 1. The third kappa shape index (κ3) is 25.9. The monoisotopic (exact) mass is 591 g/mol. The zero-order valence-corrected chi connectivity index (χ0v) is 25.1. The molecule has 0 aromatic heterocycles. The van der Waals surface area contributed by atoms with Crippen LogP contribution in [0.2, 0.25) is 0 Å². The van der Waals surface area contributed by atoms with Gasteiger partial charge < -0.3 is 34.1 Å². The zero-order valence-electron chi connectivity index (χ0n) is 25.1. The molecule has 6 rings (SSSR count). The molecule has 4 heterocycles. The zero-order chi connectivity index (χ0) is 26.2. The maximum Gasteiger partial charge on any atom is 0.0594 e. The maximum atomic E-state index is 5.10. The topological polar surface area (TPSA) is 28.7 Å². The summed E-state index contributed by atoms with van der Waals surface area (Å²) in [4.78, 5) is 14.3. The van der Waals surface area contributed by atoms with Crippen LogP contribution in [0.15, 0.2) is 0 Å². The Bertz CT molecular complexity index is 467. The molecule has 0 aromatic rings. The molecular formula is C34H82N6O. The van der Waals surface area contributed by atoms with Crippen LogP contribution in [0.25, 0.3) is 0 Å². The number of hydrogen-bond donors (Lipinski definition) is 0. The van der Waals surface area contributed by atoms with E-state index in [1.54, 1.807) is 0 Å². The number of likely N-dealkylation sites (tertiary alicyclic amines) is 2. The number of rotatable bonds is 2. The summed E-state index contributed by atoms with van der Waals surface area (Å²) in [6, 6.07) is 1.98. The van der Waals surface area contributed by atoms with E-state index in [-0.39, 0.29) is 37.1 Å². The number of piperazine rings is 1. The van der Waals surface area contributed by atoms with Gasteiger partial charge in [0.25, 0.3) is 0 Å². The van der Waals surface area contributed by atoms with Crippen LogP contribution in [0.5, 0.6) is 0 Å². The fourth-order valence-electron chi connectivity index (χ4n) is 4.75. The summed E-state index contributed by atoms with van der Waals surface area (Å²) < 4.78 is 5.10. The minimum Gasteiger partial charge on any atom is -0.379 e. The molecule has 41 heavy (non-hydrogen) atoms. The average Bonchev–Trinajstić information content (AvgIpc) is 3.82. The van der Waals surface area contributed by atoms with Gasteiger partial charge in [-0.25, -0.2) is 0 Å². The Labute approximate surface area is 261 Å². The average molecular weight is 591 g/mol. The summed E-state index contributed by atoms with van der Waals surface area (Å²) in [7, 11) is 13.1. The standard InChI is InChI=1S/C7H13N.C6H14N2.C6H13N.C5H11NO.C5H11N.5CH4/c1-8(6-2-3-6)7-4-5-7;1-7-3-5-8(2)6-4-7;1-7-5-3-2-4-6-7;1-6-2-4-7-5-3-6;1-6-4-2-3-5-6;;;;;/h6-7H,2-5H2,1H3;3-6H2,1-2H3;2-6H2,1H3;2-5H2,1H3;2-5H2,1H3;5*1H4. The lowest BCUT2D eigenvalue weighted by atomic mass is 10.1. The van der Waals surface area contributed by atoms with Crippen LogP contribution in [-0.4, -0.2) is 162 Å². The second-order valence-electron chi connectivity index (χ2n) is 12.0. The Morgan fingerprint density at radius 2 is 0.683 bits per heavy atom. The summed E-state index contributed by atoms with van der Waals surface area (Å²) in [6.45, 7) is 14.2. The molecular weight excluding hydrogens is 508 g/mol. The van der Waals surface area contributed by atoms with Gasteiger partial charge in [-0.3, -0.25) is 0 Å². The van der Waals surface area contributed by atoms with Gasteiger partial charge >= 0.3 is 0 Å². The molecule has 6 fully saturated rings. The van der Waals surface area contributed by atoms with Crippen LogP contribution < -0.4 is 0 Å². The first-order chi connectivity index (χ1) is 17.3. The second kappa shape index (κ2) is 28.5. The van der Waals surface area contributed by atoms with E-state index in [1.165, 1.54) is 110 Å². The molecule has 0 unspecified atom stereocenters. The van der Waals surface area contributed by atoms with Gasteiger partial charge in [0, 0.05) is 51.4 Å². The summed E-state index contributed by atoms with van der Waals surface area (Å²) in [5.41, 5.74) is 0. The van der Waals surface area contributed by atoms with Gasteiger partial charge in [-0.2, -0.15) is 0 Å². The van der Waals surface area contributed by atoms with Crippen molar-refractivity contribution >= 4 is 0 Å². The minimum atomic E-state index is 0. The van der Waals surface area contributed by atoms with Crippen molar-refractivity contribution in [2.24, 2.45) is 0 Å². The molecule has 0 N–H and O–H groups in total. The third-order valence-electron chi connectivity index (χ3n) is 8.12. The van der Waals surface area contributed by atoms with E-state index in [0.29, 0.717) is 0 Å². The van der Waals surface area contributed by atoms with E-state index in [1.807, 2.05) is 0 Å². The van der Waals surface area contributed by atoms with Gasteiger partial charge in [0.05, 0.1) is 13.2 Å². The Kier molecular flexibility index (Phi) is 33.1. The van der Waals surface area contributed by atoms with Crippen LogP contribution in [0.3, 0.4) is 0 Å². The highest BCUT2D eigenvalue weighted by molar-refractivity contribution is 4.92. The lowest BCUT2D eigenvalue weighted by molar-refractivity contribution is 0.0503. The quantitative estimate of drug-likeness (QED) is 0.387. The van der Waals surface area contributed by atoms with Crippen molar-refractivity contribution in [3.05, 3.63) is 0 Å². The molecule has 0 aromatic carbocycles. The summed E-state index contributed by atoms with van der Waals surface area (Å²) in [5, 5.41) is 0. The summed E-state index contributed by atoms with van der Waals surface area (Å²) in [6.07, 6.45) is 13.0. The first-order valence-electron chi connectivity index (χ1n) is 15.1. The fraction of sp³-hybridized carbons (Fsp3) is 1.00. The molecule has 254 valence electrons. The first-order valence-corrected chi connectivity index (χ1v) is 15.1. The minimum absolute atomic E-state index is 0. The summed E-state index contributed by atoms with van der Waals surface area (Å²) in [5.74, 6) is 0. The predicted octanol–water partition coefficient (Wildman–Crippen LogP) is 6.05. The van der Waals surface area contributed by atoms with Crippen molar-refractivity contribution in [1.29, 1.82) is 0 Å². The van der Waals surface area contributed by atoms with Crippen molar-refractivity contribution in [1.82, 2.24) is 29.4 Å². The van der Waals surface area contributed by atoms with Crippen molar-refractivity contribution in [3.63, 3.8) is 0 Å². The van der Waals surface area contributed by atoms with E-state index in [2.05, 4.69) is 71.7 Å². The molecule has 0 atom stereocenters. The largest absolute Gasteiger partial charge is 0.379 e. The lowest BCUT2D eigenvalue weighted by Gasteiger charge is -2.28. The second-order valence-corrected chi connectivity index (χ2v) is 12.0. The summed E-state index contributed by atoms with van der Waals surface area (Å²) >= 11 is 0. The lowest BCUT2D eigenvalue weighted by Crippen LogP contribution is -2.42. The van der Waals surface area contributed by atoms with Crippen molar-refractivity contribution in [2.75, 3.05) is 121 Å². The predicted molar refractivity (Wildman–Crippen MR) is 189 cm³/mol. The van der Waals surface area contributed by atoms with Crippen LogP contribution in [0.1, 0.15) is 94.9 Å². The smallest absolute Gasteiger partial charge is 0.0594 e. The van der Waals surface area contributed by atoms with E-state index in [0.717, 1.165) is 38.4 Å². The molecule has 7 nitrogen and oxygen atoms in total. The number of hydrogen-bond acceptors (Lipinski definition) is 7. The molecule has 0 radical (unpaired) electrons. The van der Waals surface area contributed by atoms with Crippen molar-refractivity contribution < 1.29 is 4.74 Å². The van der Waals surface area contributed by atoms with Crippen molar-refractivity contribution in [2.45, 2.75) is 107 Å². The molecule has 6 aliphatic rings. The molecule has 4 aliphatic heterocycles. The van der Waals surface area contributed by atoms with E-state index >= 15 is 0 Å². The van der Waals surface area contributed by atoms with E-state index < -0.39 is 0 Å². The third-order valence-corrected chi connectivity index (χ3v) is 8.12. The van der Waals surface area contributed by atoms with Gasteiger partial charge in [-0.1, -0.05) is 43.6 Å². The fourth-order valence-corrected chi connectivity index (χ4v) is 4.75. The molecule has 0 bridgehead atoms. The molecule has 2 aliphatic carbocycles. The Morgan fingerprint density at radius 1 is 0.415 bits per heavy atom. The highest BCUT2D eigenvalue weighted by atomic mass is 16.5. The number of ether oxygens (including phenoxy) is 1. The normalized spacial score (nSPS) is 23.2. The first kappa shape index (κ1) is 47.6. The number of nitrogens with zero attached hydrogens (tertiary/aromatic N) is 6. The van der Waals surface area contributed by atoms with Gasteiger partial charge in [-0.15, -0.1) is 0 Å².